The number of piperazine rings is 1. The van der Waals surface area contributed by atoms with Gasteiger partial charge in [0.25, 0.3) is 0 Å². The molecule has 1 unspecified atom stereocenters. The van der Waals surface area contributed by atoms with Crippen LogP contribution in [0.2, 0.25) is 0 Å². The molecule has 1 saturated heterocycles. The van der Waals surface area contributed by atoms with Crippen LogP contribution in [-0.2, 0) is 15.7 Å². The Kier molecular flexibility index (Phi) is 8.35. The number of nitrogens with zero attached hydrogens (tertiary/aromatic N) is 4. The number of carbonyl (C=O) groups is 1. The second-order valence-corrected chi connectivity index (χ2v) is 11.7. The van der Waals surface area contributed by atoms with E-state index in [0.717, 1.165) is 37.4 Å². The lowest BCUT2D eigenvalue weighted by molar-refractivity contribution is 0.0143. The van der Waals surface area contributed by atoms with E-state index in [2.05, 4.69) is 19.6 Å². The van der Waals surface area contributed by atoms with Crippen LogP contribution >= 0.6 is 0 Å². The first-order valence-electron chi connectivity index (χ1n) is 10.5. The minimum absolute atomic E-state index is 0.151. The fourth-order valence-electron chi connectivity index (χ4n) is 2.95. The van der Waals surface area contributed by atoms with Crippen molar-refractivity contribution in [3.63, 3.8) is 0 Å². The Hall–Kier alpha value is -1.58. The maximum absolute atomic E-state index is 12.7. The van der Waals surface area contributed by atoms with Gasteiger partial charge in [0.05, 0.1) is 39.4 Å². The number of amides is 1. The largest absolute Gasteiger partial charge is 0.444 e. The smallest absolute Gasteiger partial charge is 0.410 e. The zero-order valence-electron chi connectivity index (χ0n) is 19.4. The lowest BCUT2D eigenvalue weighted by Gasteiger charge is -2.36. The van der Waals surface area contributed by atoms with Gasteiger partial charge < -0.3 is 9.64 Å². The summed E-state index contributed by atoms with van der Waals surface area (Å²) in [5.41, 5.74) is 1.17. The van der Waals surface area contributed by atoms with Gasteiger partial charge in [0.15, 0.2) is 0 Å². The molecule has 0 radical (unpaired) electrons. The molecular weight excluding hydrogens is 402 g/mol. The van der Waals surface area contributed by atoms with Gasteiger partial charge in [-0.15, -0.1) is 0 Å². The molecule has 0 saturated carbocycles. The van der Waals surface area contributed by atoms with Crippen LogP contribution in [0.25, 0.3) is 0 Å². The van der Waals surface area contributed by atoms with E-state index in [-0.39, 0.29) is 16.9 Å². The molecule has 0 bridgehead atoms. The summed E-state index contributed by atoms with van der Waals surface area (Å²) in [6.45, 7) is 17.1. The van der Waals surface area contributed by atoms with Crippen molar-refractivity contribution < 1.29 is 13.7 Å². The van der Waals surface area contributed by atoms with Gasteiger partial charge >= 0.3 is 6.09 Å². The van der Waals surface area contributed by atoms with E-state index in [0.29, 0.717) is 13.1 Å². The summed E-state index contributed by atoms with van der Waals surface area (Å²) in [5, 5.41) is 0. The molecule has 0 spiro atoms. The van der Waals surface area contributed by atoms with E-state index in [9.17, 15) is 9.00 Å². The summed E-state index contributed by atoms with van der Waals surface area (Å²) in [5.74, 6) is 0. The standard InChI is InChI=1S/C21H37N5O3S/c1-16-14-23-18(15-22-16)17(24-30(28)21(5,6)7)8-9-25-10-12-26(13-11-25)19(27)29-20(2,3)4/h14-15,17,24H,8-13H2,1-7H3/t17?,30-/m1/s1. The van der Waals surface area contributed by atoms with Crippen molar-refractivity contribution in [2.45, 2.75) is 71.3 Å². The molecule has 1 N–H and O–H groups in total. The van der Waals surface area contributed by atoms with Crippen LogP contribution in [0.15, 0.2) is 12.4 Å². The third-order valence-electron chi connectivity index (χ3n) is 4.72. The molecule has 1 fully saturated rings. The fraction of sp³-hybridized carbons (Fsp3) is 0.762. The molecule has 2 atom stereocenters. The number of hydrogen-bond acceptors (Lipinski definition) is 6. The molecule has 0 aliphatic carbocycles. The van der Waals surface area contributed by atoms with Crippen molar-refractivity contribution in [1.82, 2.24) is 24.5 Å². The zero-order valence-corrected chi connectivity index (χ0v) is 20.2. The highest BCUT2D eigenvalue weighted by atomic mass is 32.2. The summed E-state index contributed by atoms with van der Waals surface area (Å²) < 4.78 is 21.0. The predicted octanol–water partition coefficient (Wildman–Crippen LogP) is 2.82. The third kappa shape index (κ3) is 7.92. The van der Waals surface area contributed by atoms with Crippen molar-refractivity contribution in [3.8, 4) is 0 Å². The van der Waals surface area contributed by atoms with Crippen molar-refractivity contribution >= 4 is 17.1 Å². The van der Waals surface area contributed by atoms with Gasteiger partial charge in [0.1, 0.15) is 5.60 Å². The molecule has 9 heteroatoms. The lowest BCUT2D eigenvalue weighted by Crippen LogP contribution is -2.50. The first kappa shape index (κ1) is 24.7. The summed E-state index contributed by atoms with van der Waals surface area (Å²) >= 11 is 0. The number of aryl methyl sites for hydroxylation is 1. The average molecular weight is 440 g/mol. The van der Waals surface area contributed by atoms with Gasteiger partial charge in [-0.05, 0) is 54.9 Å². The highest BCUT2D eigenvalue weighted by molar-refractivity contribution is 7.84. The normalized spacial score (nSPS) is 18.2. The maximum atomic E-state index is 12.7. The lowest BCUT2D eigenvalue weighted by atomic mass is 10.1. The van der Waals surface area contributed by atoms with Gasteiger partial charge in [0.2, 0.25) is 0 Å². The molecule has 2 rings (SSSR count). The summed E-state index contributed by atoms with van der Waals surface area (Å²) in [7, 11) is -1.21. The second-order valence-electron chi connectivity index (χ2n) is 9.73. The molecule has 8 nitrogen and oxygen atoms in total. The number of ether oxygens (including phenoxy) is 1. The van der Waals surface area contributed by atoms with Crippen LogP contribution in [0.1, 0.15) is 65.4 Å². The van der Waals surface area contributed by atoms with Crippen molar-refractivity contribution in [2.75, 3.05) is 32.7 Å². The van der Waals surface area contributed by atoms with Gasteiger partial charge in [-0.2, -0.15) is 0 Å². The first-order chi connectivity index (χ1) is 13.8. The number of carbonyl (C=O) groups excluding carboxylic acids is 1. The van der Waals surface area contributed by atoms with Crippen molar-refractivity contribution in [2.24, 2.45) is 0 Å². The molecule has 30 heavy (non-hydrogen) atoms. The minimum atomic E-state index is -1.21. The molecule has 170 valence electrons. The second kappa shape index (κ2) is 10.2. The van der Waals surface area contributed by atoms with Gasteiger partial charge in [-0.25, -0.2) is 13.7 Å². The highest BCUT2D eigenvalue weighted by Crippen LogP contribution is 2.20. The zero-order chi connectivity index (χ0) is 22.5. The third-order valence-corrected chi connectivity index (χ3v) is 6.33. The van der Waals surface area contributed by atoms with E-state index in [1.54, 1.807) is 17.3 Å². The Labute approximate surface area is 183 Å². The van der Waals surface area contributed by atoms with E-state index >= 15 is 0 Å². The summed E-state index contributed by atoms with van der Waals surface area (Å²) in [4.78, 5) is 25.2. The Morgan fingerprint density at radius 1 is 1.13 bits per heavy atom. The topological polar surface area (TPSA) is 87.7 Å². The minimum Gasteiger partial charge on any atom is -0.444 e. The van der Waals surface area contributed by atoms with Gasteiger partial charge in [-0.1, -0.05) is 0 Å². The summed E-state index contributed by atoms with van der Waals surface area (Å²) in [6, 6.07) is -0.151. The Balaban J connectivity index is 1.93. The van der Waals surface area contributed by atoms with Crippen LogP contribution in [0.3, 0.4) is 0 Å². The molecule has 1 aliphatic rings. The SMILES string of the molecule is Cc1cnc(C(CCN2CCN(C(=O)OC(C)(C)C)CC2)N[S@](=O)C(C)(C)C)cn1. The number of nitrogens with one attached hydrogen (secondary N) is 1. The van der Waals surface area contributed by atoms with Crippen molar-refractivity contribution in [1.29, 1.82) is 0 Å². The molecule has 1 aromatic rings. The number of rotatable bonds is 6. The molecular formula is C21H37N5O3S. The van der Waals surface area contributed by atoms with Crippen LogP contribution in [0.4, 0.5) is 4.79 Å². The van der Waals surface area contributed by atoms with Crippen LogP contribution in [0.5, 0.6) is 0 Å². The number of aromatic nitrogens is 2. The highest BCUT2D eigenvalue weighted by Gasteiger charge is 2.28. The molecule has 2 heterocycles. The predicted molar refractivity (Wildman–Crippen MR) is 119 cm³/mol. The van der Waals surface area contributed by atoms with Crippen molar-refractivity contribution in [3.05, 3.63) is 23.8 Å². The number of hydrogen-bond donors (Lipinski definition) is 1. The first-order valence-corrected chi connectivity index (χ1v) is 11.7. The average Bonchev–Trinajstić information content (AvgIpc) is 2.64. The van der Waals surface area contributed by atoms with Gasteiger partial charge in [0, 0.05) is 38.9 Å². The molecule has 1 amide bonds. The van der Waals surface area contributed by atoms with Gasteiger partial charge in [-0.3, -0.25) is 14.9 Å². The Morgan fingerprint density at radius 2 is 1.77 bits per heavy atom. The van der Waals surface area contributed by atoms with E-state index in [1.165, 1.54) is 0 Å². The molecule has 1 aliphatic heterocycles. The maximum Gasteiger partial charge on any atom is 0.410 e. The fourth-order valence-corrected chi connectivity index (χ4v) is 3.80. The van der Waals surface area contributed by atoms with E-state index in [1.807, 2.05) is 48.5 Å². The quantitative estimate of drug-likeness (QED) is 0.733. The van der Waals surface area contributed by atoms with Crippen LogP contribution in [0, 0.1) is 6.92 Å². The molecule has 1 aromatic heterocycles. The Morgan fingerprint density at radius 3 is 2.27 bits per heavy atom. The van der Waals surface area contributed by atoms with E-state index < -0.39 is 16.6 Å². The molecule has 0 aromatic carbocycles. The monoisotopic (exact) mass is 439 g/mol. The summed E-state index contributed by atoms with van der Waals surface area (Å²) in [6.07, 6.45) is 4.00. The van der Waals surface area contributed by atoms with Crippen LogP contribution in [-0.4, -0.2) is 73.1 Å². The van der Waals surface area contributed by atoms with Crippen LogP contribution < -0.4 is 4.72 Å². The van der Waals surface area contributed by atoms with E-state index in [4.69, 9.17) is 4.74 Å². The Bertz CT molecular complexity index is 720.